The first-order valence-electron chi connectivity index (χ1n) is 6.99. The third kappa shape index (κ3) is 2.67. The smallest absolute Gasteiger partial charge is 0.124 e. The van der Waals surface area contributed by atoms with Crippen LogP contribution in [0.4, 0.5) is 0 Å². The molecule has 1 aromatic carbocycles. The van der Waals surface area contributed by atoms with E-state index < -0.39 is 0 Å². The highest BCUT2D eigenvalue weighted by atomic mass is 16.6. The van der Waals surface area contributed by atoms with Crippen molar-refractivity contribution in [2.24, 2.45) is 0 Å². The van der Waals surface area contributed by atoms with Crippen molar-refractivity contribution in [3.8, 4) is 5.75 Å². The van der Waals surface area contributed by atoms with Crippen LogP contribution in [-0.2, 0) is 6.54 Å². The molecule has 20 heavy (non-hydrogen) atoms. The number of aryl methyl sites for hydroxylation is 2. The fourth-order valence-electron chi connectivity index (χ4n) is 2.52. The zero-order valence-electron chi connectivity index (χ0n) is 11.8. The summed E-state index contributed by atoms with van der Waals surface area (Å²) in [5, 5.41) is 11.3. The van der Waals surface area contributed by atoms with Crippen LogP contribution in [0.2, 0.25) is 0 Å². The molecule has 0 amide bonds. The Labute approximate surface area is 118 Å². The highest BCUT2D eigenvalue weighted by molar-refractivity contribution is 5.40. The normalized spacial score (nSPS) is 18.2. The number of rotatable bonds is 3. The lowest BCUT2D eigenvalue weighted by molar-refractivity contribution is 0.299. The molecule has 5 heteroatoms. The standard InChI is InChI=1S/C15H19N3O2/c1-10-5-6-12-13(4-3-7-19-15(12)8-10)16-9-14-11(2)17-20-18-14/h5-6,8,13,16H,3-4,7,9H2,1-2H3. The summed E-state index contributed by atoms with van der Waals surface area (Å²) in [5.74, 6) is 0.995. The molecule has 0 fully saturated rings. The SMILES string of the molecule is Cc1ccc2c(c1)OCCCC2NCc1nonc1C. The Morgan fingerprint density at radius 2 is 2.20 bits per heavy atom. The average molecular weight is 273 g/mol. The maximum atomic E-state index is 5.83. The molecule has 0 aliphatic carbocycles. The zero-order valence-corrected chi connectivity index (χ0v) is 11.8. The molecule has 0 saturated carbocycles. The van der Waals surface area contributed by atoms with Crippen molar-refractivity contribution in [2.75, 3.05) is 6.61 Å². The summed E-state index contributed by atoms with van der Waals surface area (Å²) in [6, 6.07) is 6.68. The molecule has 1 unspecified atom stereocenters. The molecule has 2 aromatic rings. The van der Waals surface area contributed by atoms with Gasteiger partial charge >= 0.3 is 0 Å². The van der Waals surface area contributed by atoms with Crippen molar-refractivity contribution < 1.29 is 9.37 Å². The van der Waals surface area contributed by atoms with Gasteiger partial charge in [0.2, 0.25) is 0 Å². The van der Waals surface area contributed by atoms with Crippen LogP contribution in [-0.4, -0.2) is 16.9 Å². The lowest BCUT2D eigenvalue weighted by Crippen LogP contribution is -2.21. The number of hydrogen-bond acceptors (Lipinski definition) is 5. The molecule has 1 aliphatic heterocycles. The summed E-state index contributed by atoms with van der Waals surface area (Å²) in [6.07, 6.45) is 2.10. The monoisotopic (exact) mass is 273 g/mol. The maximum Gasteiger partial charge on any atom is 0.124 e. The fraction of sp³-hybridized carbons (Fsp3) is 0.467. The van der Waals surface area contributed by atoms with Gasteiger partial charge in [-0.1, -0.05) is 22.4 Å². The molecule has 2 heterocycles. The van der Waals surface area contributed by atoms with Crippen LogP contribution in [0.1, 0.15) is 41.4 Å². The topological polar surface area (TPSA) is 60.2 Å². The Hall–Kier alpha value is -1.88. The molecule has 1 aromatic heterocycles. The molecule has 1 atom stereocenters. The van der Waals surface area contributed by atoms with Crippen molar-refractivity contribution in [2.45, 2.75) is 39.3 Å². The second kappa shape index (κ2) is 5.63. The van der Waals surface area contributed by atoms with Crippen molar-refractivity contribution in [1.29, 1.82) is 0 Å². The minimum Gasteiger partial charge on any atom is -0.493 e. The van der Waals surface area contributed by atoms with E-state index in [4.69, 9.17) is 9.37 Å². The molecular formula is C15H19N3O2. The molecule has 1 N–H and O–H groups in total. The number of aromatic nitrogens is 2. The largest absolute Gasteiger partial charge is 0.493 e. The average Bonchev–Trinajstić information content (AvgIpc) is 2.73. The van der Waals surface area contributed by atoms with Gasteiger partial charge in [-0.15, -0.1) is 0 Å². The van der Waals surface area contributed by atoms with Crippen LogP contribution in [0.15, 0.2) is 22.8 Å². The second-order valence-electron chi connectivity index (χ2n) is 5.26. The Morgan fingerprint density at radius 1 is 1.30 bits per heavy atom. The first-order valence-corrected chi connectivity index (χ1v) is 6.99. The third-order valence-corrected chi connectivity index (χ3v) is 3.70. The van der Waals surface area contributed by atoms with Crippen LogP contribution >= 0.6 is 0 Å². The molecule has 3 rings (SSSR count). The predicted molar refractivity (Wildman–Crippen MR) is 74.5 cm³/mol. The minimum absolute atomic E-state index is 0.282. The second-order valence-corrected chi connectivity index (χ2v) is 5.26. The van der Waals surface area contributed by atoms with Gasteiger partial charge in [0.15, 0.2) is 0 Å². The highest BCUT2D eigenvalue weighted by Gasteiger charge is 2.20. The Kier molecular flexibility index (Phi) is 3.69. The summed E-state index contributed by atoms with van der Waals surface area (Å²) >= 11 is 0. The van der Waals surface area contributed by atoms with Crippen LogP contribution in [0.5, 0.6) is 5.75 Å². The number of nitrogens with one attached hydrogen (secondary N) is 1. The van der Waals surface area contributed by atoms with E-state index in [-0.39, 0.29) is 6.04 Å². The summed E-state index contributed by atoms with van der Waals surface area (Å²) in [6.45, 7) is 5.43. The lowest BCUT2D eigenvalue weighted by atomic mass is 10.0. The molecule has 5 nitrogen and oxygen atoms in total. The van der Waals surface area contributed by atoms with E-state index >= 15 is 0 Å². The van der Waals surface area contributed by atoms with E-state index in [9.17, 15) is 0 Å². The zero-order chi connectivity index (χ0) is 13.9. The molecule has 1 aliphatic rings. The van der Waals surface area contributed by atoms with Crippen molar-refractivity contribution in [3.05, 3.63) is 40.7 Å². The lowest BCUT2D eigenvalue weighted by Gasteiger charge is -2.18. The summed E-state index contributed by atoms with van der Waals surface area (Å²) in [4.78, 5) is 0. The number of ether oxygens (including phenoxy) is 1. The molecule has 0 saturated heterocycles. The van der Waals surface area contributed by atoms with E-state index in [2.05, 4.69) is 40.8 Å². The van der Waals surface area contributed by atoms with Gasteiger partial charge in [-0.25, -0.2) is 4.63 Å². The highest BCUT2D eigenvalue weighted by Crippen LogP contribution is 2.32. The molecule has 0 radical (unpaired) electrons. The van der Waals surface area contributed by atoms with Gasteiger partial charge in [0.05, 0.1) is 6.61 Å². The fourth-order valence-corrected chi connectivity index (χ4v) is 2.52. The van der Waals surface area contributed by atoms with E-state index in [0.29, 0.717) is 6.54 Å². The minimum atomic E-state index is 0.282. The van der Waals surface area contributed by atoms with Gasteiger partial charge in [0.1, 0.15) is 17.1 Å². The quantitative estimate of drug-likeness (QED) is 0.931. The number of nitrogens with zero attached hydrogens (tertiary/aromatic N) is 2. The van der Waals surface area contributed by atoms with Gasteiger partial charge in [-0.05, 0) is 38.3 Å². The maximum absolute atomic E-state index is 5.83. The first kappa shape index (κ1) is 13.1. The number of benzene rings is 1. The van der Waals surface area contributed by atoms with Gasteiger partial charge in [-0.2, -0.15) is 0 Å². The predicted octanol–water partition coefficient (Wildman–Crippen LogP) is 2.69. The number of hydrogen-bond donors (Lipinski definition) is 1. The van der Waals surface area contributed by atoms with Gasteiger partial charge in [-0.3, -0.25) is 0 Å². The van der Waals surface area contributed by atoms with Crippen molar-refractivity contribution in [1.82, 2.24) is 15.6 Å². The van der Waals surface area contributed by atoms with Crippen LogP contribution in [0.3, 0.4) is 0 Å². The molecular weight excluding hydrogens is 254 g/mol. The molecule has 106 valence electrons. The molecule has 0 spiro atoms. The van der Waals surface area contributed by atoms with Gasteiger partial charge in [0, 0.05) is 18.2 Å². The summed E-state index contributed by atoms with van der Waals surface area (Å²) < 4.78 is 10.6. The summed E-state index contributed by atoms with van der Waals surface area (Å²) in [7, 11) is 0. The van der Waals surface area contributed by atoms with Crippen LogP contribution in [0, 0.1) is 13.8 Å². The van der Waals surface area contributed by atoms with E-state index in [1.54, 1.807) is 0 Å². The van der Waals surface area contributed by atoms with Gasteiger partial charge < -0.3 is 10.1 Å². The van der Waals surface area contributed by atoms with Crippen molar-refractivity contribution in [3.63, 3.8) is 0 Å². The summed E-state index contributed by atoms with van der Waals surface area (Å²) in [5.41, 5.74) is 4.15. The first-order chi connectivity index (χ1) is 9.74. The van der Waals surface area contributed by atoms with Crippen LogP contribution < -0.4 is 10.1 Å². The van der Waals surface area contributed by atoms with Crippen LogP contribution in [0.25, 0.3) is 0 Å². The Bertz CT molecular complexity index is 595. The Morgan fingerprint density at radius 3 is 3.00 bits per heavy atom. The van der Waals surface area contributed by atoms with E-state index in [0.717, 1.165) is 36.6 Å². The van der Waals surface area contributed by atoms with E-state index in [1.165, 1.54) is 11.1 Å². The third-order valence-electron chi connectivity index (χ3n) is 3.70. The number of fused-ring (bicyclic) bond motifs is 1. The Balaban J connectivity index is 1.78. The molecule has 0 bridgehead atoms. The van der Waals surface area contributed by atoms with Crippen molar-refractivity contribution >= 4 is 0 Å². The van der Waals surface area contributed by atoms with E-state index in [1.807, 2.05) is 6.92 Å². The van der Waals surface area contributed by atoms with Gasteiger partial charge in [0.25, 0.3) is 0 Å².